The Bertz CT molecular complexity index is 565. The molecule has 1 N–H and O–H groups in total. The van der Waals surface area contributed by atoms with Gasteiger partial charge in [-0.3, -0.25) is 4.79 Å². The first-order valence-electron chi connectivity index (χ1n) is 9.35. The van der Waals surface area contributed by atoms with E-state index in [0.717, 1.165) is 32.1 Å². The third-order valence-electron chi connectivity index (χ3n) is 8.46. The summed E-state index contributed by atoms with van der Waals surface area (Å²) in [6, 6.07) is 0. The molecule has 24 heavy (non-hydrogen) atoms. The van der Waals surface area contributed by atoms with Crippen molar-refractivity contribution in [2.45, 2.75) is 77.0 Å². The molecule has 0 aromatic carbocycles. The fourth-order valence-electron chi connectivity index (χ4n) is 7.15. The number of carbonyl (C=O) groups is 1. The molecule has 0 saturated heterocycles. The molecular formula is C19H27F3O2. The summed E-state index contributed by atoms with van der Waals surface area (Å²) in [5.41, 5.74) is -0.929. The monoisotopic (exact) mass is 344 g/mol. The molecule has 4 rings (SSSR count). The Kier molecular flexibility index (Phi) is 3.50. The predicted octanol–water partition coefficient (Wildman–Crippen LogP) is 4.15. The Labute approximate surface area is 141 Å². The van der Waals surface area contributed by atoms with Crippen LogP contribution in [0.3, 0.4) is 0 Å². The number of alkyl halides is 3. The molecule has 0 heterocycles. The number of carbonyl (C=O) groups excluding carboxylic acids is 1. The maximum Gasteiger partial charge on any atom is 0.308 e. The molecule has 2 nitrogen and oxygen atoms in total. The molecule has 0 bridgehead atoms. The van der Waals surface area contributed by atoms with Crippen molar-refractivity contribution in [2.24, 2.45) is 34.5 Å². The van der Waals surface area contributed by atoms with Gasteiger partial charge in [-0.05, 0) is 67.1 Å². The van der Waals surface area contributed by atoms with Gasteiger partial charge in [-0.15, -0.1) is 0 Å². The van der Waals surface area contributed by atoms with Crippen molar-refractivity contribution in [3.05, 3.63) is 0 Å². The predicted molar refractivity (Wildman–Crippen MR) is 83.3 cm³/mol. The number of ketones is 1. The zero-order valence-corrected chi connectivity index (χ0v) is 14.4. The molecule has 5 heteroatoms. The van der Waals surface area contributed by atoms with Crippen LogP contribution in [0.1, 0.15) is 58.8 Å². The summed E-state index contributed by atoms with van der Waals surface area (Å²) in [5, 5.41) is 10.4. The van der Waals surface area contributed by atoms with E-state index in [2.05, 4.69) is 6.92 Å². The van der Waals surface area contributed by atoms with Crippen LogP contribution in [-0.2, 0) is 4.79 Å². The first kappa shape index (κ1) is 16.9. The lowest BCUT2D eigenvalue weighted by Crippen LogP contribution is -2.61. The van der Waals surface area contributed by atoms with Gasteiger partial charge in [-0.25, -0.2) is 4.39 Å². The molecule has 0 radical (unpaired) electrons. The van der Waals surface area contributed by atoms with E-state index in [9.17, 15) is 23.1 Å². The van der Waals surface area contributed by atoms with E-state index in [-0.39, 0.29) is 23.4 Å². The fourth-order valence-corrected chi connectivity index (χ4v) is 7.15. The molecule has 8 atom stereocenters. The largest absolute Gasteiger partial charge is 0.393 e. The lowest BCUT2D eigenvalue weighted by Gasteiger charge is -2.60. The molecule has 0 amide bonds. The highest BCUT2D eigenvalue weighted by molar-refractivity contribution is 5.91. The Morgan fingerprint density at radius 1 is 0.958 bits per heavy atom. The molecule has 4 aliphatic carbocycles. The lowest BCUT2D eigenvalue weighted by atomic mass is 9.44. The number of hydrogen-bond donors (Lipinski definition) is 1. The summed E-state index contributed by atoms with van der Waals surface area (Å²) in [6.45, 7) is 3.94. The topological polar surface area (TPSA) is 37.3 Å². The first-order chi connectivity index (χ1) is 11.1. The van der Waals surface area contributed by atoms with Crippen molar-refractivity contribution in [1.82, 2.24) is 0 Å². The van der Waals surface area contributed by atoms with Crippen LogP contribution in [0.15, 0.2) is 0 Å². The molecular weight excluding hydrogens is 317 g/mol. The molecule has 4 fully saturated rings. The fraction of sp³-hybridized carbons (Fsp3) is 0.947. The maximum atomic E-state index is 14.5. The minimum absolute atomic E-state index is 0.0387. The molecule has 0 aliphatic heterocycles. The molecule has 4 aliphatic rings. The van der Waals surface area contributed by atoms with Gasteiger partial charge in [0.1, 0.15) is 0 Å². The normalized spacial score (nSPS) is 56.3. The highest BCUT2D eigenvalue weighted by Crippen LogP contribution is 2.67. The van der Waals surface area contributed by atoms with Gasteiger partial charge in [-0.2, -0.15) is 8.78 Å². The van der Waals surface area contributed by atoms with Crippen molar-refractivity contribution >= 4 is 5.78 Å². The number of rotatable bonds is 0. The first-order valence-corrected chi connectivity index (χ1v) is 9.35. The number of fused-ring (bicyclic) bond motifs is 5. The molecule has 4 saturated carbocycles. The van der Waals surface area contributed by atoms with E-state index in [0.29, 0.717) is 12.3 Å². The van der Waals surface area contributed by atoms with Crippen molar-refractivity contribution in [1.29, 1.82) is 0 Å². The van der Waals surface area contributed by atoms with E-state index in [1.807, 2.05) is 0 Å². The van der Waals surface area contributed by atoms with Crippen LogP contribution in [0, 0.1) is 34.5 Å². The van der Waals surface area contributed by atoms with Gasteiger partial charge >= 0.3 is 5.92 Å². The molecule has 8 unspecified atom stereocenters. The zero-order valence-electron chi connectivity index (χ0n) is 14.4. The van der Waals surface area contributed by atoms with E-state index >= 15 is 0 Å². The van der Waals surface area contributed by atoms with Crippen LogP contribution in [0.2, 0.25) is 0 Å². The van der Waals surface area contributed by atoms with Crippen molar-refractivity contribution in [3.8, 4) is 0 Å². The highest BCUT2D eigenvalue weighted by Gasteiger charge is 2.67. The molecule has 0 aromatic rings. The van der Waals surface area contributed by atoms with Crippen LogP contribution in [-0.4, -0.2) is 29.1 Å². The Hall–Kier alpha value is -0.580. The van der Waals surface area contributed by atoms with E-state index in [4.69, 9.17) is 0 Å². The van der Waals surface area contributed by atoms with Crippen LogP contribution in [0.5, 0.6) is 0 Å². The van der Waals surface area contributed by atoms with Gasteiger partial charge in [0.25, 0.3) is 0 Å². The minimum atomic E-state index is -3.54. The Balaban J connectivity index is 1.69. The van der Waals surface area contributed by atoms with Gasteiger partial charge in [-0.1, -0.05) is 13.8 Å². The van der Waals surface area contributed by atoms with Gasteiger partial charge in [0.2, 0.25) is 5.78 Å². The van der Waals surface area contributed by atoms with Crippen LogP contribution >= 0.6 is 0 Å². The van der Waals surface area contributed by atoms with Gasteiger partial charge in [0.05, 0.1) is 6.10 Å². The van der Waals surface area contributed by atoms with E-state index in [1.165, 1.54) is 0 Å². The van der Waals surface area contributed by atoms with Gasteiger partial charge in [0.15, 0.2) is 6.17 Å². The maximum absolute atomic E-state index is 14.5. The highest BCUT2D eigenvalue weighted by atomic mass is 19.3. The third-order valence-corrected chi connectivity index (χ3v) is 8.46. The number of Topliss-reactive ketones (excluding diaryl/α,β-unsaturated/α-hetero) is 1. The van der Waals surface area contributed by atoms with Crippen molar-refractivity contribution in [3.63, 3.8) is 0 Å². The van der Waals surface area contributed by atoms with E-state index in [1.54, 1.807) is 6.92 Å². The van der Waals surface area contributed by atoms with Gasteiger partial charge in [0, 0.05) is 12.3 Å². The summed E-state index contributed by atoms with van der Waals surface area (Å²) < 4.78 is 42.9. The second-order valence-corrected chi connectivity index (χ2v) is 9.35. The van der Waals surface area contributed by atoms with Crippen molar-refractivity contribution in [2.75, 3.05) is 0 Å². The Morgan fingerprint density at radius 2 is 1.58 bits per heavy atom. The lowest BCUT2D eigenvalue weighted by molar-refractivity contribution is -0.198. The molecule has 136 valence electrons. The number of aliphatic hydroxyl groups excluding tert-OH is 1. The average molecular weight is 344 g/mol. The second kappa shape index (κ2) is 4.99. The SMILES string of the molecule is CC12CCC3C(CCC4C(F)C(=O)C(F)(F)CC43C)C1CCC2O. The summed E-state index contributed by atoms with van der Waals surface area (Å²) in [4.78, 5) is 11.7. The average Bonchev–Trinajstić information content (AvgIpc) is 2.80. The van der Waals surface area contributed by atoms with E-state index < -0.39 is 35.6 Å². The summed E-state index contributed by atoms with van der Waals surface area (Å²) in [7, 11) is 0. The number of aliphatic hydroxyl groups is 1. The molecule has 0 spiro atoms. The van der Waals surface area contributed by atoms with Crippen molar-refractivity contribution < 1.29 is 23.1 Å². The van der Waals surface area contributed by atoms with Gasteiger partial charge < -0.3 is 5.11 Å². The summed E-state index contributed by atoms with van der Waals surface area (Å²) >= 11 is 0. The quantitative estimate of drug-likeness (QED) is 0.717. The Morgan fingerprint density at radius 3 is 2.29 bits per heavy atom. The van der Waals surface area contributed by atoms with Crippen LogP contribution < -0.4 is 0 Å². The number of hydrogen-bond acceptors (Lipinski definition) is 2. The minimum Gasteiger partial charge on any atom is -0.393 e. The smallest absolute Gasteiger partial charge is 0.308 e. The van der Waals surface area contributed by atoms with Crippen LogP contribution in [0.4, 0.5) is 13.2 Å². The third kappa shape index (κ3) is 1.96. The zero-order chi connectivity index (χ0) is 17.5. The second-order valence-electron chi connectivity index (χ2n) is 9.35. The van der Waals surface area contributed by atoms with Crippen LogP contribution in [0.25, 0.3) is 0 Å². The number of halogens is 3. The molecule has 0 aromatic heterocycles. The summed E-state index contributed by atoms with van der Waals surface area (Å²) in [5.74, 6) is -4.95. The summed E-state index contributed by atoms with van der Waals surface area (Å²) in [6.07, 6.45) is 1.79. The standard InChI is InChI=1S/C19H27F3O2/c1-17-8-7-12-10(11(17)5-6-14(17)23)3-4-13-15(20)16(24)19(21,22)9-18(12,13)2/h10-15,23H,3-9H2,1-2H3.